The first kappa shape index (κ1) is 30.1. The van der Waals surface area contributed by atoms with Crippen molar-refractivity contribution in [3.05, 3.63) is 46.5 Å². The molecule has 2 N–H and O–H groups in total. The molecule has 11 nitrogen and oxygen atoms in total. The molecule has 0 bridgehead atoms. The highest BCUT2D eigenvalue weighted by molar-refractivity contribution is 7.16. The normalized spacial score (nSPS) is 23.1. The van der Waals surface area contributed by atoms with E-state index in [1.807, 2.05) is 6.07 Å². The van der Waals surface area contributed by atoms with Crippen LogP contribution < -0.4 is 15.2 Å². The van der Waals surface area contributed by atoms with Gasteiger partial charge in [-0.2, -0.15) is 15.2 Å². The van der Waals surface area contributed by atoms with Gasteiger partial charge in [-0.1, -0.05) is 11.7 Å². The van der Waals surface area contributed by atoms with Gasteiger partial charge in [-0.15, -0.1) is 11.3 Å². The van der Waals surface area contributed by atoms with E-state index in [2.05, 4.69) is 43.6 Å². The van der Waals surface area contributed by atoms with Gasteiger partial charge < -0.3 is 24.6 Å². The van der Waals surface area contributed by atoms with E-state index in [-0.39, 0.29) is 24.2 Å². The number of fused-ring (bicyclic) bond motifs is 1. The summed E-state index contributed by atoms with van der Waals surface area (Å²) in [6, 6.07) is 6.20. The van der Waals surface area contributed by atoms with Crippen molar-refractivity contribution in [2.24, 2.45) is 0 Å². The summed E-state index contributed by atoms with van der Waals surface area (Å²) in [5.41, 5.74) is 7.90. The summed E-state index contributed by atoms with van der Waals surface area (Å²) in [6.45, 7) is 9.97. The monoisotopic (exact) mass is 617 g/mol. The molecule has 1 amide bonds. The Labute approximate surface area is 261 Å². The standard InChI is InChI=1S/C32H39N7O4S/c1-5-28(40)39-14-10-20(11-15-39)42-27-17-26(41-19(2)22-8-7-13-38(22)4)35-31(36-27)23-16-25(37-43-23)32(3)12-6-9-24-29(32)21(18-33)30(34)44-24/h5,16-17,19-20,22H,1,6-15,34H2,2-4H3/t19-,22-,32+/m0/s1. The van der Waals surface area contributed by atoms with Crippen molar-refractivity contribution in [3.8, 4) is 29.4 Å². The smallest absolute Gasteiger partial charge is 0.245 e. The molecule has 3 aliphatic rings. The van der Waals surface area contributed by atoms with E-state index < -0.39 is 5.41 Å². The van der Waals surface area contributed by atoms with Crippen molar-refractivity contribution in [3.63, 3.8) is 0 Å². The third kappa shape index (κ3) is 5.66. The van der Waals surface area contributed by atoms with Crippen LogP contribution in [0.3, 0.4) is 0 Å². The lowest BCUT2D eigenvalue weighted by Crippen LogP contribution is -2.41. The summed E-state index contributed by atoms with van der Waals surface area (Å²) in [7, 11) is 2.12. The van der Waals surface area contributed by atoms with Gasteiger partial charge in [0.05, 0.1) is 17.3 Å². The quantitative estimate of drug-likeness (QED) is 0.353. The molecule has 3 aromatic rings. The van der Waals surface area contributed by atoms with Gasteiger partial charge in [-0.05, 0) is 71.2 Å². The maximum atomic E-state index is 12.0. The Hall–Kier alpha value is -3.95. The second-order valence-electron chi connectivity index (χ2n) is 12.2. The fourth-order valence-electron chi connectivity index (χ4n) is 6.92. The van der Waals surface area contributed by atoms with Crippen LogP contribution in [0, 0.1) is 11.3 Å². The van der Waals surface area contributed by atoms with Crippen LogP contribution in [0.2, 0.25) is 0 Å². The lowest BCUT2D eigenvalue weighted by atomic mass is 9.70. The van der Waals surface area contributed by atoms with Crippen molar-refractivity contribution in [2.75, 3.05) is 32.4 Å². The molecule has 1 aliphatic carbocycles. The number of hydrogen-bond donors (Lipinski definition) is 1. The number of likely N-dealkylation sites (N-methyl/N-ethyl adjacent to an activating group) is 1. The molecular formula is C32H39N7O4S. The van der Waals surface area contributed by atoms with E-state index in [4.69, 9.17) is 29.7 Å². The molecule has 2 fully saturated rings. The lowest BCUT2D eigenvalue weighted by Gasteiger charge is -2.32. The largest absolute Gasteiger partial charge is 0.474 e. The topological polar surface area (TPSA) is 144 Å². The molecule has 5 heterocycles. The summed E-state index contributed by atoms with van der Waals surface area (Å²) in [5, 5.41) is 14.9. The number of aryl methyl sites for hydroxylation is 1. The number of piperidine rings is 1. The summed E-state index contributed by atoms with van der Waals surface area (Å²) in [5.74, 6) is 1.42. The summed E-state index contributed by atoms with van der Waals surface area (Å²) in [4.78, 5) is 26.7. The van der Waals surface area contributed by atoms with Gasteiger partial charge in [0.2, 0.25) is 29.3 Å². The highest BCUT2D eigenvalue weighted by Crippen LogP contribution is 2.49. The Bertz CT molecular complexity index is 1590. The van der Waals surface area contributed by atoms with Crippen LogP contribution in [0.5, 0.6) is 11.8 Å². The van der Waals surface area contributed by atoms with E-state index in [0.29, 0.717) is 65.5 Å². The number of amides is 1. The molecule has 2 saturated heterocycles. The minimum Gasteiger partial charge on any atom is -0.474 e. The van der Waals surface area contributed by atoms with Crippen LogP contribution in [0.4, 0.5) is 5.00 Å². The number of rotatable bonds is 8. The number of carbonyl (C=O) groups excluding carboxylic acids is 1. The Kier molecular flexibility index (Phi) is 8.35. The number of nitrogen functional groups attached to an aromatic ring is 1. The van der Waals surface area contributed by atoms with Gasteiger partial charge in [0.25, 0.3) is 0 Å². The molecule has 3 aromatic heterocycles. The fourth-order valence-corrected chi connectivity index (χ4v) is 8.11. The lowest BCUT2D eigenvalue weighted by molar-refractivity contribution is -0.127. The third-order valence-corrected chi connectivity index (χ3v) is 10.4. The van der Waals surface area contributed by atoms with E-state index in [1.54, 1.807) is 11.0 Å². The van der Waals surface area contributed by atoms with Gasteiger partial charge in [0.15, 0.2) is 0 Å². The zero-order valence-corrected chi connectivity index (χ0v) is 26.4. The van der Waals surface area contributed by atoms with Gasteiger partial charge >= 0.3 is 0 Å². The molecular weight excluding hydrogens is 578 g/mol. The first-order chi connectivity index (χ1) is 21.2. The van der Waals surface area contributed by atoms with E-state index in [1.165, 1.54) is 17.4 Å². The Morgan fingerprint density at radius 3 is 2.73 bits per heavy atom. The van der Waals surface area contributed by atoms with Crippen molar-refractivity contribution in [1.82, 2.24) is 24.9 Å². The predicted molar refractivity (Wildman–Crippen MR) is 167 cm³/mol. The van der Waals surface area contributed by atoms with Gasteiger partial charge in [-0.3, -0.25) is 9.69 Å². The number of hydrogen-bond acceptors (Lipinski definition) is 11. The average Bonchev–Trinajstić information content (AvgIpc) is 3.76. The molecule has 0 aromatic carbocycles. The maximum Gasteiger partial charge on any atom is 0.245 e. The number of nitrogens with zero attached hydrogens (tertiary/aromatic N) is 6. The number of anilines is 1. The molecule has 0 unspecified atom stereocenters. The number of carbonyl (C=O) groups is 1. The van der Waals surface area contributed by atoms with Gasteiger partial charge in [-0.25, -0.2) is 0 Å². The Morgan fingerprint density at radius 2 is 2.02 bits per heavy atom. The summed E-state index contributed by atoms with van der Waals surface area (Å²) in [6.07, 6.45) is 7.35. The zero-order chi connectivity index (χ0) is 31.0. The zero-order valence-electron chi connectivity index (χ0n) is 25.5. The van der Waals surface area contributed by atoms with E-state index >= 15 is 0 Å². The number of aromatic nitrogens is 3. The fraction of sp³-hybridized carbons (Fsp3) is 0.531. The molecule has 0 saturated carbocycles. The van der Waals surface area contributed by atoms with Crippen LogP contribution in [-0.4, -0.2) is 75.8 Å². The number of ether oxygens (including phenoxy) is 2. The molecule has 2 aliphatic heterocycles. The van der Waals surface area contributed by atoms with Crippen molar-refractivity contribution in [1.29, 1.82) is 5.26 Å². The minimum absolute atomic E-state index is 0.0683. The minimum atomic E-state index is -0.527. The van der Waals surface area contributed by atoms with Crippen LogP contribution in [0.15, 0.2) is 29.3 Å². The van der Waals surface area contributed by atoms with Crippen LogP contribution in [-0.2, 0) is 16.6 Å². The van der Waals surface area contributed by atoms with E-state index in [9.17, 15) is 10.1 Å². The van der Waals surface area contributed by atoms with Crippen molar-refractivity contribution < 1.29 is 18.8 Å². The molecule has 0 spiro atoms. The predicted octanol–water partition coefficient (Wildman–Crippen LogP) is 4.71. The first-order valence-corrected chi connectivity index (χ1v) is 16.1. The summed E-state index contributed by atoms with van der Waals surface area (Å²) < 4.78 is 18.6. The highest BCUT2D eigenvalue weighted by Gasteiger charge is 2.41. The van der Waals surface area contributed by atoms with Gasteiger partial charge in [0, 0.05) is 48.3 Å². The van der Waals surface area contributed by atoms with E-state index in [0.717, 1.165) is 49.1 Å². The number of thiophene rings is 1. The first-order valence-electron chi connectivity index (χ1n) is 15.3. The molecule has 12 heteroatoms. The second-order valence-corrected chi connectivity index (χ2v) is 13.4. The van der Waals surface area contributed by atoms with Crippen LogP contribution in [0.25, 0.3) is 11.6 Å². The summed E-state index contributed by atoms with van der Waals surface area (Å²) >= 11 is 1.49. The molecule has 232 valence electrons. The Morgan fingerprint density at radius 1 is 1.25 bits per heavy atom. The molecule has 0 radical (unpaired) electrons. The molecule has 3 atom stereocenters. The number of nitriles is 1. The molecule has 44 heavy (non-hydrogen) atoms. The number of nitrogens with two attached hydrogens (primary N) is 1. The van der Waals surface area contributed by atoms with Crippen molar-refractivity contribution >= 4 is 22.2 Å². The third-order valence-electron chi connectivity index (χ3n) is 9.37. The van der Waals surface area contributed by atoms with Crippen LogP contribution >= 0.6 is 11.3 Å². The van der Waals surface area contributed by atoms with Gasteiger partial charge in [0.1, 0.15) is 23.3 Å². The van der Waals surface area contributed by atoms with Crippen molar-refractivity contribution in [2.45, 2.75) is 82.5 Å². The molecule has 6 rings (SSSR count). The SMILES string of the molecule is C=CC(=O)N1CCC(Oc2cc(O[C@@H](C)[C@@H]3CCCN3C)nc(-c3cc([C@@]4(C)CCCc5sc(N)c(C#N)c54)no3)n2)CC1. The Balaban J connectivity index is 1.30. The number of likely N-dealkylation sites (tertiary alicyclic amines) is 2. The second kappa shape index (κ2) is 12.2. The average molecular weight is 618 g/mol. The van der Waals surface area contributed by atoms with Crippen LogP contribution in [0.1, 0.15) is 74.1 Å². The highest BCUT2D eigenvalue weighted by atomic mass is 32.1. The maximum absolute atomic E-state index is 12.0.